The molecule has 76 valence electrons. The maximum atomic E-state index is 13.2. The van der Waals surface area contributed by atoms with E-state index in [0.29, 0.717) is 18.1 Å². The molecule has 0 aliphatic carbocycles. The van der Waals surface area contributed by atoms with Crippen molar-refractivity contribution in [3.8, 4) is 0 Å². The van der Waals surface area contributed by atoms with E-state index in [1.165, 1.54) is 6.07 Å². The molecule has 3 N–H and O–H groups in total. The van der Waals surface area contributed by atoms with Crippen LogP contribution in [0.5, 0.6) is 0 Å². The van der Waals surface area contributed by atoms with Crippen LogP contribution in [-0.2, 0) is 6.54 Å². The van der Waals surface area contributed by atoms with E-state index < -0.39 is 0 Å². The van der Waals surface area contributed by atoms with Crippen LogP contribution >= 0.6 is 15.9 Å². The Morgan fingerprint density at radius 2 is 2.36 bits per heavy atom. The topological polar surface area (TPSA) is 50.4 Å². The van der Waals surface area contributed by atoms with Crippen LogP contribution < -0.4 is 11.1 Å². The lowest BCUT2D eigenvalue weighted by atomic mass is 10.2. The second-order valence-electron chi connectivity index (χ2n) is 2.70. The summed E-state index contributed by atoms with van der Waals surface area (Å²) in [4.78, 5) is 3.70. The molecule has 0 saturated carbocycles. The molecule has 0 atom stereocenters. The molecule has 5 heteroatoms. The Morgan fingerprint density at radius 1 is 1.64 bits per heavy atom. The Bertz CT molecular complexity index is 352. The molecule has 0 aliphatic heterocycles. The number of nitrogens with two attached hydrogens (primary N) is 1. The zero-order valence-corrected chi connectivity index (χ0v) is 9.31. The number of nitrogens with zero attached hydrogens (tertiary/aromatic N) is 1. The first-order valence-electron chi connectivity index (χ1n) is 4.03. The summed E-state index contributed by atoms with van der Waals surface area (Å²) in [6, 6.07) is 4.75. The molecule has 0 bridgehead atoms. The first kappa shape index (κ1) is 11.0. The van der Waals surface area contributed by atoms with Crippen molar-refractivity contribution in [2.24, 2.45) is 10.7 Å². The summed E-state index contributed by atoms with van der Waals surface area (Å²) in [5, 5.41) is 2.78. The molecule has 0 heterocycles. The number of guanidine groups is 1. The van der Waals surface area contributed by atoms with Crippen LogP contribution in [0.25, 0.3) is 0 Å². The Kier molecular flexibility index (Phi) is 3.88. The van der Waals surface area contributed by atoms with Crippen LogP contribution in [0.3, 0.4) is 0 Å². The highest BCUT2D eigenvalue weighted by Gasteiger charge is 2.02. The second kappa shape index (κ2) is 4.95. The van der Waals surface area contributed by atoms with Gasteiger partial charge in [-0.3, -0.25) is 4.99 Å². The summed E-state index contributed by atoms with van der Waals surface area (Å²) in [5.41, 5.74) is 5.96. The largest absolute Gasteiger partial charge is 0.370 e. The van der Waals surface area contributed by atoms with Crippen LogP contribution in [-0.4, -0.2) is 13.0 Å². The van der Waals surface area contributed by atoms with Gasteiger partial charge in [0.1, 0.15) is 5.82 Å². The molecular formula is C9H11BrFN3. The molecule has 0 amide bonds. The molecule has 1 aromatic rings. The molecule has 0 aliphatic rings. The summed E-state index contributed by atoms with van der Waals surface area (Å²) in [6.07, 6.45) is 0. The van der Waals surface area contributed by atoms with Crippen LogP contribution in [0.15, 0.2) is 27.7 Å². The molecule has 0 aromatic heterocycles. The average Bonchev–Trinajstić information content (AvgIpc) is 2.19. The minimum absolute atomic E-state index is 0.260. The average molecular weight is 260 g/mol. The molecule has 0 fully saturated rings. The quantitative estimate of drug-likeness (QED) is 0.627. The minimum Gasteiger partial charge on any atom is -0.370 e. The summed E-state index contributed by atoms with van der Waals surface area (Å²) >= 11 is 3.26. The second-order valence-corrected chi connectivity index (χ2v) is 3.61. The Labute approximate surface area is 90.3 Å². The molecule has 0 radical (unpaired) electrons. The van der Waals surface area contributed by atoms with Crippen molar-refractivity contribution in [1.82, 2.24) is 5.32 Å². The van der Waals surface area contributed by atoms with E-state index in [1.54, 1.807) is 19.2 Å². The van der Waals surface area contributed by atoms with E-state index in [9.17, 15) is 4.39 Å². The van der Waals surface area contributed by atoms with Gasteiger partial charge in [0, 0.05) is 23.6 Å². The fourth-order valence-electron chi connectivity index (χ4n) is 0.944. The summed E-state index contributed by atoms with van der Waals surface area (Å²) in [6.45, 7) is 0.328. The third-order valence-corrected chi connectivity index (χ3v) is 2.20. The molecule has 0 unspecified atom stereocenters. The Balaban J connectivity index is 2.71. The van der Waals surface area contributed by atoms with Gasteiger partial charge < -0.3 is 11.1 Å². The molecule has 14 heavy (non-hydrogen) atoms. The Morgan fingerprint density at radius 3 is 3.00 bits per heavy atom. The number of halogens is 2. The minimum atomic E-state index is -0.260. The van der Waals surface area contributed by atoms with Gasteiger partial charge in [0.2, 0.25) is 0 Å². The van der Waals surface area contributed by atoms with Crippen LogP contribution in [0.2, 0.25) is 0 Å². The van der Waals surface area contributed by atoms with Gasteiger partial charge >= 0.3 is 0 Å². The van der Waals surface area contributed by atoms with E-state index in [0.717, 1.165) is 4.47 Å². The first-order valence-corrected chi connectivity index (χ1v) is 4.83. The van der Waals surface area contributed by atoms with Gasteiger partial charge in [0.15, 0.2) is 5.96 Å². The van der Waals surface area contributed by atoms with Gasteiger partial charge in [-0.15, -0.1) is 0 Å². The van der Waals surface area contributed by atoms with Crippen molar-refractivity contribution < 1.29 is 4.39 Å². The predicted molar refractivity (Wildman–Crippen MR) is 58.5 cm³/mol. The predicted octanol–water partition coefficient (Wildman–Crippen LogP) is 1.62. The van der Waals surface area contributed by atoms with E-state index in [1.807, 2.05) is 0 Å². The highest BCUT2D eigenvalue weighted by atomic mass is 79.9. The SMILES string of the molecule is CN=C(N)NCc1cc(Br)ccc1F. The lowest BCUT2D eigenvalue weighted by Crippen LogP contribution is -2.31. The van der Waals surface area contributed by atoms with Gasteiger partial charge in [0.05, 0.1) is 0 Å². The highest BCUT2D eigenvalue weighted by Crippen LogP contribution is 2.15. The van der Waals surface area contributed by atoms with Crippen LogP contribution in [0.4, 0.5) is 4.39 Å². The van der Waals surface area contributed by atoms with E-state index in [-0.39, 0.29) is 5.82 Å². The summed E-state index contributed by atoms with van der Waals surface area (Å²) in [7, 11) is 1.57. The number of rotatable bonds is 2. The first-order chi connectivity index (χ1) is 6.63. The standard InChI is InChI=1S/C9H11BrFN3/c1-13-9(12)14-5-6-4-7(10)2-3-8(6)11/h2-4H,5H2,1H3,(H3,12,13,14). The third-order valence-electron chi connectivity index (χ3n) is 1.71. The fraction of sp³-hybridized carbons (Fsp3) is 0.222. The number of benzene rings is 1. The van der Waals surface area contributed by atoms with Crippen molar-refractivity contribution in [1.29, 1.82) is 0 Å². The van der Waals surface area contributed by atoms with Gasteiger partial charge in [-0.25, -0.2) is 4.39 Å². The van der Waals surface area contributed by atoms with Crippen molar-refractivity contribution in [2.45, 2.75) is 6.54 Å². The number of hydrogen-bond donors (Lipinski definition) is 2. The van der Waals surface area contributed by atoms with Crippen molar-refractivity contribution in [2.75, 3.05) is 7.05 Å². The van der Waals surface area contributed by atoms with Gasteiger partial charge in [0.25, 0.3) is 0 Å². The van der Waals surface area contributed by atoms with Crippen molar-refractivity contribution >= 4 is 21.9 Å². The van der Waals surface area contributed by atoms with Gasteiger partial charge in [-0.1, -0.05) is 15.9 Å². The molecular weight excluding hydrogens is 249 g/mol. The monoisotopic (exact) mass is 259 g/mol. The maximum Gasteiger partial charge on any atom is 0.188 e. The number of nitrogens with one attached hydrogen (secondary N) is 1. The molecule has 3 nitrogen and oxygen atoms in total. The van der Waals surface area contributed by atoms with Gasteiger partial charge in [-0.05, 0) is 18.2 Å². The zero-order valence-electron chi connectivity index (χ0n) is 7.72. The van der Waals surface area contributed by atoms with Crippen molar-refractivity contribution in [3.63, 3.8) is 0 Å². The lowest BCUT2D eigenvalue weighted by molar-refractivity contribution is 0.605. The number of hydrogen-bond acceptors (Lipinski definition) is 1. The zero-order chi connectivity index (χ0) is 10.6. The van der Waals surface area contributed by atoms with E-state index in [2.05, 4.69) is 26.2 Å². The Hall–Kier alpha value is -1.10. The van der Waals surface area contributed by atoms with Crippen LogP contribution in [0, 0.1) is 5.82 Å². The van der Waals surface area contributed by atoms with Crippen LogP contribution in [0.1, 0.15) is 5.56 Å². The molecule has 1 aromatic carbocycles. The van der Waals surface area contributed by atoms with E-state index >= 15 is 0 Å². The smallest absolute Gasteiger partial charge is 0.188 e. The molecule has 0 spiro atoms. The fourth-order valence-corrected chi connectivity index (χ4v) is 1.35. The normalized spacial score (nSPS) is 11.5. The highest BCUT2D eigenvalue weighted by molar-refractivity contribution is 9.10. The number of aliphatic imine (C=N–C) groups is 1. The lowest BCUT2D eigenvalue weighted by Gasteiger charge is -2.06. The van der Waals surface area contributed by atoms with Crippen molar-refractivity contribution in [3.05, 3.63) is 34.1 Å². The van der Waals surface area contributed by atoms with E-state index in [4.69, 9.17) is 5.73 Å². The third kappa shape index (κ3) is 2.99. The molecule has 0 saturated heterocycles. The molecule has 1 rings (SSSR count). The summed E-state index contributed by atoms with van der Waals surface area (Å²) < 4.78 is 14.0. The summed E-state index contributed by atoms with van der Waals surface area (Å²) in [5.74, 6) is 0.0361. The van der Waals surface area contributed by atoms with Gasteiger partial charge in [-0.2, -0.15) is 0 Å². The maximum absolute atomic E-state index is 13.2.